The van der Waals surface area contributed by atoms with Crippen LogP contribution in [-0.2, 0) is 9.59 Å². The third kappa shape index (κ3) is 6.54. The standard InChI is InChI=1S/C13H19N3O.C4H4O4/c1-3-4-5-9-17-11-7-6-8-16-12(14)10(2)15-13(11)16;5-3(6)1-2-4(7)8/h6-8H,3-5,9,14H2,1-2H3;1-2H,(H,5,6)(H,7,8). The van der Waals surface area contributed by atoms with E-state index in [1.807, 2.05) is 29.7 Å². The van der Waals surface area contributed by atoms with Crippen LogP contribution < -0.4 is 10.5 Å². The summed E-state index contributed by atoms with van der Waals surface area (Å²) in [5, 5.41) is 15.6. The number of aliphatic carboxylic acids is 2. The molecule has 0 unspecified atom stereocenters. The molecule has 0 spiro atoms. The first-order valence-electron chi connectivity index (χ1n) is 7.86. The number of nitrogens with zero attached hydrogens (tertiary/aromatic N) is 2. The highest BCUT2D eigenvalue weighted by Gasteiger charge is 2.09. The van der Waals surface area contributed by atoms with Crippen molar-refractivity contribution in [2.24, 2.45) is 0 Å². The number of imidazole rings is 1. The van der Waals surface area contributed by atoms with Crippen molar-refractivity contribution in [1.29, 1.82) is 0 Å². The second-order valence-electron chi connectivity index (χ2n) is 5.21. The van der Waals surface area contributed by atoms with Crippen LogP contribution in [0.4, 0.5) is 5.82 Å². The summed E-state index contributed by atoms with van der Waals surface area (Å²) in [6.45, 7) is 4.82. The normalized spacial score (nSPS) is 10.5. The number of aryl methyl sites for hydroxylation is 1. The highest BCUT2D eigenvalue weighted by molar-refractivity contribution is 5.89. The lowest BCUT2D eigenvalue weighted by molar-refractivity contribution is -0.134. The highest BCUT2D eigenvalue weighted by atomic mass is 16.5. The maximum absolute atomic E-state index is 9.55. The van der Waals surface area contributed by atoms with Crippen LogP contribution in [0.15, 0.2) is 30.5 Å². The van der Waals surface area contributed by atoms with Crippen LogP contribution in [0, 0.1) is 6.92 Å². The Morgan fingerprint density at radius 1 is 1.28 bits per heavy atom. The number of unbranched alkanes of at least 4 members (excludes halogenated alkanes) is 2. The molecule has 136 valence electrons. The van der Waals surface area contributed by atoms with E-state index in [0.717, 1.165) is 30.1 Å². The summed E-state index contributed by atoms with van der Waals surface area (Å²) < 4.78 is 7.62. The van der Waals surface area contributed by atoms with Gasteiger partial charge in [0.15, 0.2) is 11.4 Å². The SMILES string of the molecule is CCCCCOc1cccn2c(N)c(C)nc12.O=C(O)C=CC(=O)O. The van der Waals surface area contributed by atoms with Crippen molar-refractivity contribution in [1.82, 2.24) is 9.38 Å². The lowest BCUT2D eigenvalue weighted by atomic mass is 10.3. The Bertz CT molecular complexity index is 736. The van der Waals surface area contributed by atoms with Crippen molar-refractivity contribution >= 4 is 23.4 Å². The van der Waals surface area contributed by atoms with Crippen LogP contribution >= 0.6 is 0 Å². The van der Waals surface area contributed by atoms with Gasteiger partial charge in [-0.3, -0.25) is 4.40 Å². The van der Waals surface area contributed by atoms with Gasteiger partial charge >= 0.3 is 11.9 Å². The molecule has 0 bridgehead atoms. The number of nitrogens with two attached hydrogens (primary N) is 1. The van der Waals surface area contributed by atoms with Crippen LogP contribution in [0.2, 0.25) is 0 Å². The maximum atomic E-state index is 9.55. The van der Waals surface area contributed by atoms with E-state index in [-0.39, 0.29) is 0 Å². The zero-order chi connectivity index (χ0) is 18.8. The first-order chi connectivity index (χ1) is 11.9. The summed E-state index contributed by atoms with van der Waals surface area (Å²) in [5.74, 6) is -1.03. The second kappa shape index (κ2) is 9.96. The molecule has 8 nitrogen and oxygen atoms in total. The number of carboxylic acid groups (broad SMARTS) is 2. The number of ether oxygens (including phenoxy) is 1. The maximum Gasteiger partial charge on any atom is 0.328 e. The fourth-order valence-corrected chi connectivity index (χ4v) is 1.96. The number of pyridine rings is 1. The lowest BCUT2D eigenvalue weighted by Crippen LogP contribution is -2.00. The molecule has 0 aliphatic rings. The molecular formula is C17H23N3O5. The number of carboxylic acids is 2. The van der Waals surface area contributed by atoms with E-state index >= 15 is 0 Å². The summed E-state index contributed by atoms with van der Waals surface area (Å²) in [4.78, 5) is 23.5. The third-order valence-corrected chi connectivity index (χ3v) is 3.21. The molecule has 2 heterocycles. The minimum absolute atomic E-state index is 0.558. The number of rotatable bonds is 7. The minimum atomic E-state index is -1.26. The summed E-state index contributed by atoms with van der Waals surface area (Å²) in [7, 11) is 0. The van der Waals surface area contributed by atoms with Gasteiger partial charge < -0.3 is 20.7 Å². The smallest absolute Gasteiger partial charge is 0.328 e. The van der Waals surface area contributed by atoms with Gasteiger partial charge in [0, 0.05) is 18.3 Å². The number of fused-ring (bicyclic) bond motifs is 1. The molecule has 0 saturated heterocycles. The van der Waals surface area contributed by atoms with Crippen molar-refractivity contribution in [2.75, 3.05) is 12.3 Å². The molecule has 25 heavy (non-hydrogen) atoms. The van der Waals surface area contributed by atoms with Crippen molar-refractivity contribution in [2.45, 2.75) is 33.1 Å². The van der Waals surface area contributed by atoms with Crippen LogP contribution in [0.3, 0.4) is 0 Å². The Morgan fingerprint density at radius 2 is 1.92 bits per heavy atom. The molecule has 0 radical (unpaired) electrons. The molecule has 0 fully saturated rings. The van der Waals surface area contributed by atoms with Crippen molar-refractivity contribution < 1.29 is 24.5 Å². The molecular weight excluding hydrogens is 326 g/mol. The van der Waals surface area contributed by atoms with Gasteiger partial charge in [0.2, 0.25) is 0 Å². The van der Waals surface area contributed by atoms with E-state index in [2.05, 4.69) is 11.9 Å². The number of hydrogen-bond acceptors (Lipinski definition) is 5. The summed E-state index contributed by atoms with van der Waals surface area (Å²) >= 11 is 0. The summed E-state index contributed by atoms with van der Waals surface area (Å²) in [6, 6.07) is 3.87. The average Bonchev–Trinajstić information content (AvgIpc) is 2.86. The van der Waals surface area contributed by atoms with Crippen molar-refractivity contribution in [3.05, 3.63) is 36.2 Å². The second-order valence-corrected chi connectivity index (χ2v) is 5.21. The fourth-order valence-electron chi connectivity index (χ4n) is 1.96. The van der Waals surface area contributed by atoms with Gasteiger partial charge in [-0.15, -0.1) is 0 Å². The fraction of sp³-hybridized carbons (Fsp3) is 0.353. The average molecular weight is 349 g/mol. The van der Waals surface area contributed by atoms with E-state index in [4.69, 9.17) is 20.7 Å². The molecule has 8 heteroatoms. The molecule has 4 N–H and O–H groups in total. The van der Waals surface area contributed by atoms with E-state index in [1.54, 1.807) is 0 Å². The number of carbonyl (C=O) groups is 2. The van der Waals surface area contributed by atoms with Gasteiger partial charge in [0.1, 0.15) is 5.82 Å². The van der Waals surface area contributed by atoms with Crippen LogP contribution in [-0.4, -0.2) is 38.1 Å². The Hall–Kier alpha value is -3.03. The molecule has 0 aromatic carbocycles. The van der Waals surface area contributed by atoms with E-state index in [1.165, 1.54) is 12.8 Å². The first kappa shape index (κ1) is 20.0. The van der Waals surface area contributed by atoms with E-state index in [9.17, 15) is 9.59 Å². The number of hydrogen-bond donors (Lipinski definition) is 3. The molecule has 0 saturated carbocycles. The van der Waals surface area contributed by atoms with Gasteiger partial charge in [-0.2, -0.15) is 0 Å². The molecule has 0 aliphatic heterocycles. The van der Waals surface area contributed by atoms with Gasteiger partial charge in [-0.1, -0.05) is 19.8 Å². The number of aromatic nitrogens is 2. The zero-order valence-corrected chi connectivity index (χ0v) is 14.3. The molecule has 2 aromatic rings. The zero-order valence-electron chi connectivity index (χ0n) is 14.3. The molecule has 0 aliphatic carbocycles. The molecule has 2 aromatic heterocycles. The van der Waals surface area contributed by atoms with Crippen molar-refractivity contribution in [3.8, 4) is 5.75 Å². The first-order valence-corrected chi connectivity index (χ1v) is 7.86. The minimum Gasteiger partial charge on any atom is -0.490 e. The Balaban J connectivity index is 0.000000333. The summed E-state index contributed by atoms with van der Waals surface area (Å²) in [6.07, 6.45) is 6.49. The van der Waals surface area contributed by atoms with Gasteiger partial charge in [0.25, 0.3) is 0 Å². The number of anilines is 1. The molecule has 0 atom stereocenters. The predicted molar refractivity (Wildman–Crippen MR) is 93.8 cm³/mol. The van der Waals surface area contributed by atoms with Gasteiger partial charge in [-0.25, -0.2) is 14.6 Å². The van der Waals surface area contributed by atoms with Gasteiger partial charge in [-0.05, 0) is 25.5 Å². The third-order valence-electron chi connectivity index (χ3n) is 3.21. The lowest BCUT2D eigenvalue weighted by Gasteiger charge is -2.06. The van der Waals surface area contributed by atoms with Gasteiger partial charge in [0.05, 0.1) is 12.3 Å². The van der Waals surface area contributed by atoms with Crippen molar-refractivity contribution in [3.63, 3.8) is 0 Å². The Morgan fingerprint density at radius 3 is 2.48 bits per heavy atom. The predicted octanol–water partition coefficient (Wildman–Crippen LogP) is 2.51. The van der Waals surface area contributed by atoms with E-state index < -0.39 is 11.9 Å². The van der Waals surface area contributed by atoms with E-state index in [0.29, 0.717) is 18.0 Å². The topological polar surface area (TPSA) is 127 Å². The molecule has 0 amide bonds. The molecule has 2 rings (SSSR count). The highest BCUT2D eigenvalue weighted by Crippen LogP contribution is 2.23. The monoisotopic (exact) mass is 349 g/mol. The Labute approximate surface area is 145 Å². The quantitative estimate of drug-likeness (QED) is 0.517. The van der Waals surface area contributed by atoms with Crippen LogP contribution in [0.25, 0.3) is 5.65 Å². The summed E-state index contributed by atoms with van der Waals surface area (Å²) in [5.41, 5.74) is 7.58. The largest absolute Gasteiger partial charge is 0.490 e. The number of nitrogen functional groups attached to an aromatic ring is 1. The van der Waals surface area contributed by atoms with Crippen LogP contribution in [0.5, 0.6) is 5.75 Å². The van der Waals surface area contributed by atoms with Crippen LogP contribution in [0.1, 0.15) is 31.9 Å². The Kier molecular flexibility index (Phi) is 7.98.